The van der Waals surface area contributed by atoms with E-state index in [0.717, 1.165) is 10.5 Å². The molecule has 0 bridgehead atoms. The van der Waals surface area contributed by atoms with Crippen LogP contribution in [0.5, 0.6) is 0 Å². The summed E-state index contributed by atoms with van der Waals surface area (Å²) in [6.07, 6.45) is 0.182. The van der Waals surface area contributed by atoms with Gasteiger partial charge in [-0.05, 0) is 29.8 Å². The largest absolute Gasteiger partial charge is 0.325 e. The molecule has 1 N–H and O–H groups in total. The van der Waals surface area contributed by atoms with E-state index in [2.05, 4.69) is 17.9 Å². The number of benzene rings is 2. The van der Waals surface area contributed by atoms with Crippen molar-refractivity contribution in [3.8, 4) is 0 Å². The zero-order chi connectivity index (χ0) is 15.2. The highest BCUT2D eigenvalue weighted by Gasteiger charge is 2.12. The van der Waals surface area contributed by atoms with Gasteiger partial charge in [-0.25, -0.2) is 0 Å². The van der Waals surface area contributed by atoms with Crippen molar-refractivity contribution in [2.45, 2.75) is 22.0 Å². The lowest BCUT2D eigenvalue weighted by Crippen LogP contribution is -2.15. The smallest absolute Gasteiger partial charge is 0.288 e. The molecule has 2 aromatic carbocycles. The topological polar surface area (TPSA) is 29.1 Å². The van der Waals surface area contributed by atoms with Crippen LogP contribution in [0, 0.1) is 0 Å². The molecule has 1 amide bonds. The van der Waals surface area contributed by atoms with E-state index in [4.69, 9.17) is 0 Å². The first-order valence-electron chi connectivity index (χ1n) is 6.16. The van der Waals surface area contributed by atoms with Gasteiger partial charge in [0.05, 0.1) is 12.1 Å². The number of nitrogens with one attached hydrogen (secondary N) is 1. The van der Waals surface area contributed by atoms with Crippen molar-refractivity contribution < 1.29 is 13.6 Å². The van der Waals surface area contributed by atoms with Crippen LogP contribution in [0.25, 0.3) is 0 Å². The second-order valence-corrected chi connectivity index (χ2v) is 5.81. The summed E-state index contributed by atoms with van der Waals surface area (Å²) >= 11 is 4.59. The van der Waals surface area contributed by atoms with Crippen molar-refractivity contribution in [1.29, 1.82) is 0 Å². The summed E-state index contributed by atoms with van der Waals surface area (Å²) in [6.45, 7) is 0. The number of amides is 1. The van der Waals surface area contributed by atoms with Crippen molar-refractivity contribution in [3.05, 3.63) is 54.1 Å². The molecule has 0 saturated heterocycles. The number of hydrogen-bond donors (Lipinski definition) is 2. The van der Waals surface area contributed by atoms with Crippen LogP contribution in [0.4, 0.5) is 14.5 Å². The number of thioether (sulfide) groups is 1. The molecule has 0 radical (unpaired) electrons. The number of carbonyl (C=O) groups is 1. The maximum absolute atomic E-state index is 12.5. The molecule has 0 aliphatic heterocycles. The van der Waals surface area contributed by atoms with Crippen LogP contribution in [0.3, 0.4) is 0 Å². The molecule has 0 atom stereocenters. The maximum Gasteiger partial charge on any atom is 0.288 e. The number of carbonyl (C=O) groups excluding carboxylic acids is 1. The predicted octanol–water partition coefficient (Wildman–Crippen LogP) is 4.47. The number of alkyl halides is 2. The van der Waals surface area contributed by atoms with Crippen LogP contribution < -0.4 is 5.32 Å². The molecule has 0 fully saturated rings. The Bertz CT molecular complexity index is 617. The minimum absolute atomic E-state index is 0.182. The van der Waals surface area contributed by atoms with Crippen molar-refractivity contribution in [2.75, 3.05) is 5.32 Å². The zero-order valence-electron chi connectivity index (χ0n) is 10.9. The highest BCUT2D eigenvalue weighted by atomic mass is 32.2. The monoisotopic (exact) mass is 325 g/mol. The second-order valence-electron chi connectivity index (χ2n) is 4.27. The Labute approximate surface area is 131 Å². The van der Waals surface area contributed by atoms with Crippen LogP contribution >= 0.6 is 24.4 Å². The number of anilines is 1. The number of rotatable bonds is 5. The summed E-state index contributed by atoms with van der Waals surface area (Å²) in [6, 6.07) is 13.7. The minimum Gasteiger partial charge on any atom is -0.325 e. The summed E-state index contributed by atoms with van der Waals surface area (Å²) in [5.74, 6) is -2.77. The molecule has 0 unspecified atom stereocenters. The third-order valence-electron chi connectivity index (χ3n) is 2.68. The van der Waals surface area contributed by atoms with Gasteiger partial charge in [0, 0.05) is 9.79 Å². The van der Waals surface area contributed by atoms with Crippen LogP contribution in [0.15, 0.2) is 58.3 Å². The van der Waals surface area contributed by atoms with E-state index in [1.54, 1.807) is 36.4 Å². The number of para-hydroxylation sites is 1. The van der Waals surface area contributed by atoms with Crippen molar-refractivity contribution in [1.82, 2.24) is 0 Å². The van der Waals surface area contributed by atoms with Gasteiger partial charge in [-0.3, -0.25) is 4.79 Å². The second kappa shape index (κ2) is 7.47. The van der Waals surface area contributed by atoms with Gasteiger partial charge in [0.1, 0.15) is 0 Å². The SMILES string of the molecule is O=C(Cc1ccc(S)cc1)Nc1ccccc1SC(F)F. The van der Waals surface area contributed by atoms with E-state index in [1.807, 2.05) is 12.1 Å². The van der Waals surface area contributed by atoms with E-state index < -0.39 is 5.76 Å². The van der Waals surface area contributed by atoms with Crippen molar-refractivity contribution >= 4 is 36.0 Å². The molecule has 0 aliphatic carbocycles. The summed E-state index contributed by atoms with van der Waals surface area (Å²) in [5, 5.41) is 2.67. The number of hydrogen-bond acceptors (Lipinski definition) is 3. The normalized spacial score (nSPS) is 10.7. The first-order valence-corrected chi connectivity index (χ1v) is 7.49. The fourth-order valence-corrected chi connectivity index (χ4v) is 2.51. The van der Waals surface area contributed by atoms with Crippen LogP contribution in [0.2, 0.25) is 0 Å². The molecule has 110 valence electrons. The van der Waals surface area contributed by atoms with Crippen molar-refractivity contribution in [3.63, 3.8) is 0 Å². The fourth-order valence-electron chi connectivity index (χ4n) is 1.76. The standard InChI is InChI=1S/C15H13F2NOS2/c16-15(17)21-13-4-2-1-3-12(13)18-14(19)9-10-5-7-11(20)8-6-10/h1-8,15,20H,9H2,(H,18,19). The van der Waals surface area contributed by atoms with Gasteiger partial charge in [0.2, 0.25) is 5.91 Å². The summed E-state index contributed by atoms with van der Waals surface area (Å²) < 4.78 is 24.9. The van der Waals surface area contributed by atoms with E-state index in [1.165, 1.54) is 0 Å². The fraction of sp³-hybridized carbons (Fsp3) is 0.133. The Morgan fingerprint density at radius 2 is 1.81 bits per heavy atom. The Kier molecular flexibility index (Phi) is 5.64. The lowest BCUT2D eigenvalue weighted by Gasteiger charge is -2.10. The molecule has 21 heavy (non-hydrogen) atoms. The molecule has 0 spiro atoms. The Morgan fingerprint density at radius 1 is 1.14 bits per heavy atom. The third-order valence-corrected chi connectivity index (χ3v) is 3.76. The first-order chi connectivity index (χ1) is 10.0. The zero-order valence-corrected chi connectivity index (χ0v) is 12.6. The average Bonchev–Trinajstić information content (AvgIpc) is 2.43. The number of halogens is 2. The lowest BCUT2D eigenvalue weighted by molar-refractivity contribution is -0.115. The molecule has 2 rings (SSSR count). The third kappa shape index (κ3) is 5.06. The summed E-state index contributed by atoms with van der Waals surface area (Å²) in [4.78, 5) is 13.1. The summed E-state index contributed by atoms with van der Waals surface area (Å²) in [5.41, 5.74) is 1.24. The molecule has 0 aromatic heterocycles. The Hall–Kier alpha value is -1.53. The molecular formula is C15H13F2NOS2. The van der Waals surface area contributed by atoms with Crippen molar-refractivity contribution in [2.24, 2.45) is 0 Å². The number of thiol groups is 1. The molecule has 0 aliphatic rings. The molecular weight excluding hydrogens is 312 g/mol. The van der Waals surface area contributed by atoms with Gasteiger partial charge >= 0.3 is 0 Å². The van der Waals surface area contributed by atoms with Gasteiger partial charge in [0.25, 0.3) is 5.76 Å². The molecule has 0 saturated carbocycles. The Balaban J connectivity index is 2.04. The van der Waals surface area contributed by atoms with Crippen LogP contribution in [-0.4, -0.2) is 11.7 Å². The quantitative estimate of drug-likeness (QED) is 0.627. The molecule has 2 aromatic rings. The van der Waals surface area contributed by atoms with Gasteiger partial charge in [-0.1, -0.05) is 36.0 Å². The molecule has 0 heterocycles. The predicted molar refractivity (Wildman–Crippen MR) is 84.3 cm³/mol. The van der Waals surface area contributed by atoms with E-state index in [-0.39, 0.29) is 12.3 Å². The lowest BCUT2D eigenvalue weighted by atomic mass is 10.1. The Morgan fingerprint density at radius 3 is 2.48 bits per heavy atom. The van der Waals surface area contributed by atoms with Gasteiger partial charge < -0.3 is 5.32 Å². The van der Waals surface area contributed by atoms with Gasteiger partial charge in [-0.15, -0.1) is 12.6 Å². The first kappa shape index (κ1) is 15.9. The van der Waals surface area contributed by atoms with E-state index >= 15 is 0 Å². The van der Waals surface area contributed by atoms with E-state index in [9.17, 15) is 13.6 Å². The van der Waals surface area contributed by atoms with E-state index in [0.29, 0.717) is 22.3 Å². The molecule has 6 heteroatoms. The minimum atomic E-state index is -2.52. The highest BCUT2D eigenvalue weighted by molar-refractivity contribution is 7.99. The average molecular weight is 325 g/mol. The van der Waals surface area contributed by atoms with Gasteiger partial charge in [0.15, 0.2) is 0 Å². The maximum atomic E-state index is 12.5. The van der Waals surface area contributed by atoms with Gasteiger partial charge in [-0.2, -0.15) is 8.78 Å². The summed E-state index contributed by atoms with van der Waals surface area (Å²) in [7, 11) is 0. The highest BCUT2D eigenvalue weighted by Crippen LogP contribution is 2.31. The van der Waals surface area contributed by atoms with Crippen LogP contribution in [-0.2, 0) is 11.2 Å². The molecule has 2 nitrogen and oxygen atoms in total. The van der Waals surface area contributed by atoms with Crippen LogP contribution in [0.1, 0.15) is 5.56 Å².